The Bertz CT molecular complexity index is 445. The van der Waals surface area contributed by atoms with E-state index in [0.717, 1.165) is 19.6 Å². The fourth-order valence-electron chi connectivity index (χ4n) is 3.88. The largest absolute Gasteiger partial charge is 0.311 e. The molecule has 2 aliphatic rings. The van der Waals surface area contributed by atoms with E-state index >= 15 is 0 Å². The molecule has 1 atom stereocenters. The molecule has 0 aromatic carbocycles. The molecule has 1 aromatic heterocycles. The third-order valence-electron chi connectivity index (χ3n) is 5.24. The van der Waals surface area contributed by atoms with Gasteiger partial charge in [-0.15, -0.1) is 0 Å². The van der Waals surface area contributed by atoms with Gasteiger partial charge in [-0.2, -0.15) is 5.10 Å². The lowest BCUT2D eigenvalue weighted by atomic mass is 9.88. The van der Waals surface area contributed by atoms with Crippen molar-refractivity contribution in [2.45, 2.75) is 57.7 Å². The first-order valence-electron chi connectivity index (χ1n) is 8.06. The number of hydrogen-bond acceptors (Lipinski definition) is 3. The van der Waals surface area contributed by atoms with Crippen molar-refractivity contribution in [3.05, 3.63) is 18.0 Å². The molecule has 1 saturated heterocycles. The van der Waals surface area contributed by atoms with Gasteiger partial charge in [0.05, 0.1) is 5.69 Å². The van der Waals surface area contributed by atoms with Gasteiger partial charge in [0.15, 0.2) is 0 Å². The summed E-state index contributed by atoms with van der Waals surface area (Å²) in [6.07, 6.45) is 7.51. The highest BCUT2D eigenvalue weighted by Gasteiger charge is 2.43. The fourth-order valence-corrected chi connectivity index (χ4v) is 3.88. The lowest BCUT2D eigenvalue weighted by Crippen LogP contribution is -2.64. The molecular formula is C16H28N4. The summed E-state index contributed by atoms with van der Waals surface area (Å²) in [5, 5.41) is 8.39. The molecule has 2 fully saturated rings. The van der Waals surface area contributed by atoms with Crippen LogP contribution < -0.4 is 5.32 Å². The maximum Gasteiger partial charge on any atom is 0.0764 e. The first-order valence-corrected chi connectivity index (χ1v) is 8.06. The summed E-state index contributed by atoms with van der Waals surface area (Å²) in [7, 11) is 2.00. The Kier molecular flexibility index (Phi) is 3.87. The van der Waals surface area contributed by atoms with Crippen molar-refractivity contribution in [1.29, 1.82) is 0 Å². The van der Waals surface area contributed by atoms with Crippen LogP contribution in [0.5, 0.6) is 0 Å². The van der Waals surface area contributed by atoms with Crippen LogP contribution in [0.15, 0.2) is 12.3 Å². The van der Waals surface area contributed by atoms with Crippen LogP contribution >= 0.6 is 0 Å². The van der Waals surface area contributed by atoms with Crippen LogP contribution in [0.1, 0.15) is 45.2 Å². The summed E-state index contributed by atoms with van der Waals surface area (Å²) >= 11 is 0. The van der Waals surface area contributed by atoms with Crippen LogP contribution in [0.25, 0.3) is 0 Å². The van der Waals surface area contributed by atoms with E-state index in [2.05, 4.69) is 41.4 Å². The van der Waals surface area contributed by atoms with Gasteiger partial charge in [0, 0.05) is 44.5 Å². The van der Waals surface area contributed by atoms with Crippen molar-refractivity contribution in [1.82, 2.24) is 20.0 Å². The van der Waals surface area contributed by atoms with Crippen LogP contribution in [0, 0.1) is 5.92 Å². The van der Waals surface area contributed by atoms with Gasteiger partial charge in [-0.05, 0) is 24.8 Å². The molecule has 20 heavy (non-hydrogen) atoms. The third-order valence-corrected chi connectivity index (χ3v) is 5.24. The highest BCUT2D eigenvalue weighted by molar-refractivity contribution is 5.06. The molecule has 1 N–H and O–H groups in total. The number of aryl methyl sites for hydroxylation is 1. The molecule has 3 rings (SSSR count). The van der Waals surface area contributed by atoms with E-state index in [9.17, 15) is 0 Å². The van der Waals surface area contributed by atoms with Crippen molar-refractivity contribution < 1.29 is 0 Å². The van der Waals surface area contributed by atoms with Gasteiger partial charge in [0.1, 0.15) is 0 Å². The third kappa shape index (κ3) is 2.63. The minimum Gasteiger partial charge on any atom is -0.311 e. The van der Waals surface area contributed by atoms with Gasteiger partial charge in [-0.1, -0.05) is 26.7 Å². The Morgan fingerprint density at radius 2 is 2.15 bits per heavy atom. The Hall–Kier alpha value is -0.870. The van der Waals surface area contributed by atoms with Crippen LogP contribution in [-0.2, 0) is 13.6 Å². The normalized spacial score (nSPS) is 26.7. The quantitative estimate of drug-likeness (QED) is 0.918. The average Bonchev–Trinajstić information content (AvgIpc) is 3.02. The van der Waals surface area contributed by atoms with E-state index in [4.69, 9.17) is 0 Å². The number of nitrogens with zero attached hydrogens (tertiary/aromatic N) is 3. The molecule has 2 heterocycles. The molecule has 1 unspecified atom stereocenters. The number of aromatic nitrogens is 2. The van der Waals surface area contributed by atoms with Crippen molar-refractivity contribution in [3.63, 3.8) is 0 Å². The zero-order valence-electron chi connectivity index (χ0n) is 13.1. The fraction of sp³-hybridized carbons (Fsp3) is 0.812. The van der Waals surface area contributed by atoms with E-state index < -0.39 is 0 Å². The molecule has 1 aromatic rings. The van der Waals surface area contributed by atoms with Crippen LogP contribution in [0.2, 0.25) is 0 Å². The number of hydrogen-bond donors (Lipinski definition) is 1. The molecule has 1 aliphatic carbocycles. The van der Waals surface area contributed by atoms with Crippen LogP contribution in [-0.4, -0.2) is 39.4 Å². The summed E-state index contributed by atoms with van der Waals surface area (Å²) in [5.41, 5.74) is 1.60. The molecule has 1 spiro atoms. The Morgan fingerprint density at radius 1 is 1.40 bits per heavy atom. The maximum absolute atomic E-state index is 4.58. The van der Waals surface area contributed by atoms with Gasteiger partial charge in [-0.25, -0.2) is 0 Å². The molecule has 0 amide bonds. The van der Waals surface area contributed by atoms with Gasteiger partial charge in [0.25, 0.3) is 0 Å². The molecule has 1 aliphatic heterocycles. The zero-order valence-corrected chi connectivity index (χ0v) is 13.1. The Balaban J connectivity index is 1.77. The lowest BCUT2D eigenvalue weighted by molar-refractivity contribution is 0.0250. The minimum absolute atomic E-state index is 0.392. The second-order valence-electron chi connectivity index (χ2n) is 7.02. The molecule has 0 radical (unpaired) electrons. The van der Waals surface area contributed by atoms with Crippen LogP contribution in [0.4, 0.5) is 0 Å². The Labute approximate surface area is 122 Å². The summed E-state index contributed by atoms with van der Waals surface area (Å²) in [6.45, 7) is 7.97. The highest BCUT2D eigenvalue weighted by Crippen LogP contribution is 2.38. The van der Waals surface area contributed by atoms with Gasteiger partial charge >= 0.3 is 0 Å². The summed E-state index contributed by atoms with van der Waals surface area (Å²) in [4.78, 5) is 2.73. The predicted molar refractivity (Wildman–Crippen MR) is 81.4 cm³/mol. The highest BCUT2D eigenvalue weighted by atomic mass is 15.3. The number of rotatable bonds is 3. The van der Waals surface area contributed by atoms with Crippen LogP contribution in [0.3, 0.4) is 0 Å². The molecule has 112 valence electrons. The van der Waals surface area contributed by atoms with Gasteiger partial charge in [0.2, 0.25) is 0 Å². The van der Waals surface area contributed by atoms with Crippen molar-refractivity contribution in [2.75, 3.05) is 13.1 Å². The van der Waals surface area contributed by atoms with Crippen molar-refractivity contribution >= 4 is 0 Å². The SMILES string of the molecule is CC(C)C1CN(Cc2ccn(C)n2)C2(CCCC2)CN1. The molecule has 4 heteroatoms. The first-order chi connectivity index (χ1) is 9.59. The van der Waals surface area contributed by atoms with Crippen molar-refractivity contribution in [3.8, 4) is 0 Å². The summed E-state index contributed by atoms with van der Waals surface area (Å²) in [5.74, 6) is 0.694. The second kappa shape index (κ2) is 5.49. The Morgan fingerprint density at radius 3 is 2.75 bits per heavy atom. The molecular weight excluding hydrogens is 248 g/mol. The van der Waals surface area contributed by atoms with E-state index in [1.165, 1.54) is 31.4 Å². The van der Waals surface area contributed by atoms with E-state index in [-0.39, 0.29) is 0 Å². The standard InChI is InChI=1S/C16H28N4/c1-13(2)15-11-20(10-14-6-9-19(3)18-14)16(12-17-15)7-4-5-8-16/h6,9,13,15,17H,4-5,7-8,10-12H2,1-3H3. The zero-order chi connectivity index (χ0) is 14.2. The maximum atomic E-state index is 4.58. The number of piperazine rings is 1. The summed E-state index contributed by atoms with van der Waals surface area (Å²) < 4.78 is 1.92. The van der Waals surface area contributed by atoms with Gasteiger partial charge < -0.3 is 5.32 Å². The topological polar surface area (TPSA) is 33.1 Å². The molecule has 4 nitrogen and oxygen atoms in total. The molecule has 1 saturated carbocycles. The van der Waals surface area contributed by atoms with E-state index in [0.29, 0.717) is 17.5 Å². The van der Waals surface area contributed by atoms with Gasteiger partial charge in [-0.3, -0.25) is 9.58 Å². The van der Waals surface area contributed by atoms with E-state index in [1.54, 1.807) is 0 Å². The number of nitrogens with one attached hydrogen (secondary N) is 1. The monoisotopic (exact) mass is 276 g/mol. The average molecular weight is 276 g/mol. The second-order valence-corrected chi connectivity index (χ2v) is 7.02. The first kappa shape index (κ1) is 14.1. The lowest BCUT2D eigenvalue weighted by Gasteiger charge is -2.49. The van der Waals surface area contributed by atoms with Crippen molar-refractivity contribution in [2.24, 2.45) is 13.0 Å². The van der Waals surface area contributed by atoms with E-state index in [1.807, 2.05) is 11.7 Å². The smallest absolute Gasteiger partial charge is 0.0764 e. The minimum atomic E-state index is 0.392. The predicted octanol–water partition coefficient (Wildman–Crippen LogP) is 2.16. The molecule has 0 bridgehead atoms. The summed E-state index contributed by atoms with van der Waals surface area (Å²) in [6, 6.07) is 2.78.